The van der Waals surface area contributed by atoms with Crippen LogP contribution in [0.15, 0.2) is 24.3 Å². The van der Waals surface area contributed by atoms with Crippen LogP contribution in [-0.2, 0) is 16.6 Å². The Hall–Kier alpha value is -1.11. The van der Waals surface area contributed by atoms with Crippen molar-refractivity contribution in [2.24, 2.45) is 5.92 Å². The van der Waals surface area contributed by atoms with E-state index in [4.69, 9.17) is 0 Å². The lowest BCUT2D eigenvalue weighted by molar-refractivity contribution is -0.122. The summed E-state index contributed by atoms with van der Waals surface area (Å²) in [4.78, 5) is 12.5. The van der Waals surface area contributed by atoms with Crippen LogP contribution in [0, 0.1) is 5.92 Å². The standard InChI is InChI=1S/C20H30O/c1-20(2,3)18-13-11-16(12-14-18)15-19(21)17-9-7-5-4-6-8-10-17/h11-14,17H,4-10,15H2,1-3H3. The molecule has 0 atom stereocenters. The molecule has 0 bridgehead atoms. The molecule has 0 aromatic heterocycles. The topological polar surface area (TPSA) is 17.1 Å². The van der Waals surface area contributed by atoms with Gasteiger partial charge in [0.25, 0.3) is 0 Å². The van der Waals surface area contributed by atoms with Gasteiger partial charge >= 0.3 is 0 Å². The molecule has 0 radical (unpaired) electrons. The summed E-state index contributed by atoms with van der Waals surface area (Å²) in [6.07, 6.45) is 9.29. The van der Waals surface area contributed by atoms with Crippen molar-refractivity contribution in [1.29, 1.82) is 0 Å². The molecule has 1 nitrogen and oxygen atoms in total. The average Bonchev–Trinajstić information content (AvgIpc) is 2.37. The molecule has 0 aliphatic heterocycles. The van der Waals surface area contributed by atoms with Gasteiger partial charge in [0.05, 0.1) is 0 Å². The van der Waals surface area contributed by atoms with Crippen LogP contribution >= 0.6 is 0 Å². The molecule has 21 heavy (non-hydrogen) atoms. The number of carbonyl (C=O) groups is 1. The lowest BCUT2D eigenvalue weighted by atomic mass is 9.84. The summed E-state index contributed by atoms with van der Waals surface area (Å²) in [6.45, 7) is 6.67. The van der Waals surface area contributed by atoms with Crippen molar-refractivity contribution >= 4 is 5.78 Å². The van der Waals surface area contributed by atoms with E-state index in [1.165, 1.54) is 43.2 Å². The van der Waals surface area contributed by atoms with Crippen molar-refractivity contribution in [1.82, 2.24) is 0 Å². The second-order valence-electron chi connectivity index (χ2n) is 7.63. The molecule has 0 N–H and O–H groups in total. The molecule has 1 fully saturated rings. The number of hydrogen-bond donors (Lipinski definition) is 0. The van der Waals surface area contributed by atoms with Crippen molar-refractivity contribution < 1.29 is 4.79 Å². The second kappa shape index (κ2) is 7.24. The summed E-state index contributed by atoms with van der Waals surface area (Å²) in [7, 11) is 0. The molecule has 0 saturated heterocycles. The Morgan fingerprint density at radius 2 is 1.48 bits per heavy atom. The van der Waals surface area contributed by atoms with E-state index in [-0.39, 0.29) is 5.41 Å². The third kappa shape index (κ3) is 4.98. The molecule has 0 amide bonds. The van der Waals surface area contributed by atoms with E-state index in [1.807, 2.05) is 0 Å². The summed E-state index contributed by atoms with van der Waals surface area (Å²) < 4.78 is 0. The lowest BCUT2D eigenvalue weighted by Crippen LogP contribution is -2.18. The van der Waals surface area contributed by atoms with Gasteiger partial charge in [0.1, 0.15) is 5.78 Å². The van der Waals surface area contributed by atoms with E-state index in [9.17, 15) is 4.79 Å². The molecule has 1 aromatic rings. The maximum atomic E-state index is 12.5. The largest absolute Gasteiger partial charge is 0.299 e. The maximum absolute atomic E-state index is 12.5. The van der Waals surface area contributed by atoms with Crippen LogP contribution < -0.4 is 0 Å². The van der Waals surface area contributed by atoms with Crippen LogP contribution in [0.4, 0.5) is 0 Å². The number of ketones is 1. The van der Waals surface area contributed by atoms with Crippen molar-refractivity contribution in [3.8, 4) is 0 Å². The zero-order valence-corrected chi connectivity index (χ0v) is 14.0. The van der Waals surface area contributed by atoms with Gasteiger partial charge in [0, 0.05) is 12.3 Å². The highest BCUT2D eigenvalue weighted by Gasteiger charge is 2.20. The Bertz CT molecular complexity index is 442. The summed E-state index contributed by atoms with van der Waals surface area (Å²) in [5, 5.41) is 0. The summed E-state index contributed by atoms with van der Waals surface area (Å²) >= 11 is 0. The average molecular weight is 286 g/mol. The van der Waals surface area contributed by atoms with Gasteiger partial charge in [-0.25, -0.2) is 0 Å². The molecule has 1 heteroatoms. The fourth-order valence-electron chi connectivity index (χ4n) is 3.25. The number of benzene rings is 1. The summed E-state index contributed by atoms with van der Waals surface area (Å²) in [6, 6.07) is 8.64. The minimum atomic E-state index is 0.183. The van der Waals surface area contributed by atoms with Gasteiger partial charge in [0.2, 0.25) is 0 Å². The van der Waals surface area contributed by atoms with Gasteiger partial charge in [-0.2, -0.15) is 0 Å². The van der Waals surface area contributed by atoms with E-state index >= 15 is 0 Å². The third-order valence-corrected chi connectivity index (χ3v) is 4.76. The van der Waals surface area contributed by atoms with Crippen molar-refractivity contribution in [2.45, 2.75) is 77.6 Å². The summed E-state index contributed by atoms with van der Waals surface area (Å²) in [5.41, 5.74) is 2.70. The van der Waals surface area contributed by atoms with Gasteiger partial charge in [0.15, 0.2) is 0 Å². The zero-order valence-electron chi connectivity index (χ0n) is 14.0. The minimum absolute atomic E-state index is 0.183. The molecule has 0 unspecified atom stereocenters. The van der Waals surface area contributed by atoms with E-state index in [0.29, 0.717) is 18.1 Å². The lowest BCUT2D eigenvalue weighted by Gasteiger charge is -2.20. The van der Waals surface area contributed by atoms with Gasteiger partial charge < -0.3 is 0 Å². The second-order valence-corrected chi connectivity index (χ2v) is 7.63. The smallest absolute Gasteiger partial charge is 0.140 e. The number of carbonyl (C=O) groups excluding carboxylic acids is 1. The van der Waals surface area contributed by atoms with Crippen LogP contribution in [-0.4, -0.2) is 5.78 Å². The quantitative estimate of drug-likeness (QED) is 0.721. The molecular formula is C20H30O. The molecule has 1 aliphatic carbocycles. The Morgan fingerprint density at radius 3 is 2.00 bits per heavy atom. The highest BCUT2D eigenvalue weighted by molar-refractivity contribution is 5.83. The highest BCUT2D eigenvalue weighted by Crippen LogP contribution is 2.25. The van der Waals surface area contributed by atoms with E-state index in [1.54, 1.807) is 0 Å². The molecule has 116 valence electrons. The van der Waals surface area contributed by atoms with Crippen LogP contribution in [0.3, 0.4) is 0 Å². The first kappa shape index (κ1) is 16.3. The molecule has 0 spiro atoms. The van der Waals surface area contributed by atoms with Crippen molar-refractivity contribution in [2.75, 3.05) is 0 Å². The highest BCUT2D eigenvalue weighted by atomic mass is 16.1. The van der Waals surface area contributed by atoms with Crippen LogP contribution in [0.2, 0.25) is 0 Å². The van der Waals surface area contributed by atoms with E-state index < -0.39 is 0 Å². The van der Waals surface area contributed by atoms with E-state index in [0.717, 1.165) is 12.8 Å². The molecule has 2 rings (SSSR count). The van der Waals surface area contributed by atoms with Crippen LogP contribution in [0.1, 0.15) is 76.8 Å². The SMILES string of the molecule is CC(C)(C)c1ccc(CC(=O)C2CCCCCCC2)cc1. The fourth-order valence-corrected chi connectivity index (χ4v) is 3.25. The van der Waals surface area contributed by atoms with Gasteiger partial charge in [-0.05, 0) is 29.4 Å². The molecular weight excluding hydrogens is 256 g/mol. The number of Topliss-reactive ketones (excluding diaryl/α,β-unsaturated/α-hetero) is 1. The predicted octanol–water partition coefficient (Wildman–Crippen LogP) is 5.46. The third-order valence-electron chi connectivity index (χ3n) is 4.76. The predicted molar refractivity (Wildman–Crippen MR) is 89.7 cm³/mol. The molecule has 1 aromatic carbocycles. The molecule has 0 heterocycles. The Labute approximate surface area is 130 Å². The van der Waals surface area contributed by atoms with Crippen molar-refractivity contribution in [3.63, 3.8) is 0 Å². The normalized spacial score (nSPS) is 18.0. The molecule has 1 aliphatic rings. The maximum Gasteiger partial charge on any atom is 0.140 e. The Balaban J connectivity index is 1.95. The van der Waals surface area contributed by atoms with Crippen LogP contribution in [0.25, 0.3) is 0 Å². The van der Waals surface area contributed by atoms with Crippen molar-refractivity contribution in [3.05, 3.63) is 35.4 Å². The monoisotopic (exact) mass is 286 g/mol. The van der Waals surface area contributed by atoms with Crippen LogP contribution in [0.5, 0.6) is 0 Å². The first-order valence-electron chi connectivity index (χ1n) is 8.59. The van der Waals surface area contributed by atoms with Gasteiger partial charge in [-0.3, -0.25) is 4.79 Å². The fraction of sp³-hybridized carbons (Fsp3) is 0.650. The van der Waals surface area contributed by atoms with Gasteiger partial charge in [-0.1, -0.05) is 77.1 Å². The first-order valence-corrected chi connectivity index (χ1v) is 8.59. The zero-order chi connectivity index (χ0) is 15.3. The Kier molecular flexibility index (Phi) is 5.61. The van der Waals surface area contributed by atoms with Gasteiger partial charge in [-0.15, -0.1) is 0 Å². The summed E-state index contributed by atoms with van der Waals surface area (Å²) in [5.74, 6) is 0.771. The number of rotatable bonds is 3. The van der Waals surface area contributed by atoms with E-state index in [2.05, 4.69) is 45.0 Å². The molecule has 1 saturated carbocycles. The number of hydrogen-bond acceptors (Lipinski definition) is 1. The Morgan fingerprint density at radius 1 is 0.952 bits per heavy atom. The first-order chi connectivity index (χ1) is 9.97. The minimum Gasteiger partial charge on any atom is -0.299 e.